The fourth-order valence-electron chi connectivity index (χ4n) is 3.62. The summed E-state index contributed by atoms with van der Waals surface area (Å²) in [5, 5.41) is 5.96. The van der Waals surface area contributed by atoms with E-state index >= 15 is 0 Å². The summed E-state index contributed by atoms with van der Waals surface area (Å²) in [7, 11) is -4.43. The number of ether oxygens (including phenoxy) is 1. The summed E-state index contributed by atoms with van der Waals surface area (Å²) in [6.45, 7) is 2.64. The standard InChI is InChI=1S/C19H25ClN4O6S2/c1-12-19(13(2)23(3)22-12)32(28,29)24(14-5-7-15(30-4)8-6-14)9-18(25)21-17-11-31(26,27)10-16(17)20/h5-8,16-17H,9-11H2,1-4H3,(H,21,25)/t16-,17-/m1/s1. The molecule has 2 atom stereocenters. The molecule has 0 bridgehead atoms. The first-order valence-electron chi connectivity index (χ1n) is 9.66. The van der Waals surface area contributed by atoms with Gasteiger partial charge < -0.3 is 10.1 Å². The molecule has 13 heteroatoms. The van der Waals surface area contributed by atoms with Crippen molar-refractivity contribution in [3.63, 3.8) is 0 Å². The maximum Gasteiger partial charge on any atom is 0.268 e. The highest BCUT2D eigenvalue weighted by atomic mass is 35.5. The Morgan fingerprint density at radius 2 is 1.91 bits per heavy atom. The SMILES string of the molecule is COc1ccc(N(CC(=O)N[C@@H]2CS(=O)(=O)C[C@H]2Cl)S(=O)(=O)c2c(C)nn(C)c2C)cc1. The smallest absolute Gasteiger partial charge is 0.268 e. The molecule has 1 aromatic carbocycles. The molecule has 3 rings (SSSR count). The van der Waals surface area contributed by atoms with Crippen molar-refractivity contribution >= 4 is 43.1 Å². The third kappa shape index (κ3) is 4.86. The minimum Gasteiger partial charge on any atom is -0.497 e. The number of sulfonamides is 1. The topological polar surface area (TPSA) is 128 Å². The zero-order chi connectivity index (χ0) is 23.8. The Morgan fingerprint density at radius 1 is 1.28 bits per heavy atom. The second kappa shape index (κ2) is 8.91. The fourth-order valence-corrected chi connectivity index (χ4v) is 8.00. The minimum atomic E-state index is -4.18. The van der Waals surface area contributed by atoms with E-state index in [1.54, 1.807) is 33.0 Å². The molecule has 176 valence electrons. The predicted octanol–water partition coefficient (Wildman–Crippen LogP) is 0.761. The highest BCUT2D eigenvalue weighted by molar-refractivity contribution is 7.93. The van der Waals surface area contributed by atoms with Crippen molar-refractivity contribution in [3.05, 3.63) is 35.7 Å². The number of amides is 1. The monoisotopic (exact) mass is 504 g/mol. The van der Waals surface area contributed by atoms with Gasteiger partial charge in [-0.25, -0.2) is 16.8 Å². The van der Waals surface area contributed by atoms with Gasteiger partial charge in [-0.1, -0.05) is 0 Å². The van der Waals surface area contributed by atoms with E-state index < -0.39 is 43.7 Å². The van der Waals surface area contributed by atoms with Gasteiger partial charge in [-0.3, -0.25) is 13.8 Å². The van der Waals surface area contributed by atoms with Crippen molar-refractivity contribution in [1.82, 2.24) is 15.1 Å². The summed E-state index contributed by atoms with van der Waals surface area (Å²) in [5.41, 5.74) is 0.959. The number of aryl methyl sites for hydroxylation is 2. The van der Waals surface area contributed by atoms with E-state index in [1.807, 2.05) is 0 Å². The number of hydrogen-bond donors (Lipinski definition) is 1. The molecular weight excluding hydrogens is 480 g/mol. The highest BCUT2D eigenvalue weighted by Gasteiger charge is 2.38. The molecule has 1 aromatic heterocycles. The number of aromatic nitrogens is 2. The predicted molar refractivity (Wildman–Crippen MR) is 120 cm³/mol. The number of nitrogens with zero attached hydrogens (tertiary/aromatic N) is 3. The molecule has 0 radical (unpaired) electrons. The number of benzene rings is 1. The number of methoxy groups -OCH3 is 1. The van der Waals surface area contributed by atoms with Crippen LogP contribution in [-0.2, 0) is 31.7 Å². The minimum absolute atomic E-state index is 0.00211. The van der Waals surface area contributed by atoms with Crippen molar-refractivity contribution in [2.75, 3.05) is 29.5 Å². The normalized spacial score (nSPS) is 20.2. The zero-order valence-electron chi connectivity index (χ0n) is 18.1. The van der Waals surface area contributed by atoms with Crippen LogP contribution in [0.3, 0.4) is 0 Å². The van der Waals surface area contributed by atoms with Gasteiger partial charge in [0.25, 0.3) is 10.0 Å². The molecule has 2 aromatic rings. The number of hydrogen-bond acceptors (Lipinski definition) is 7. The van der Waals surface area contributed by atoms with Crippen molar-refractivity contribution in [1.29, 1.82) is 0 Å². The number of carbonyl (C=O) groups excluding carboxylic acids is 1. The average molecular weight is 505 g/mol. The van der Waals surface area contributed by atoms with Crippen LogP contribution in [-0.4, -0.2) is 69.1 Å². The number of carbonyl (C=O) groups is 1. The molecule has 1 fully saturated rings. The van der Waals surface area contributed by atoms with Crippen LogP contribution in [0.1, 0.15) is 11.4 Å². The number of nitrogens with one attached hydrogen (secondary N) is 1. The maximum atomic E-state index is 13.6. The van der Waals surface area contributed by atoms with Gasteiger partial charge in [-0.2, -0.15) is 5.10 Å². The first-order chi connectivity index (χ1) is 14.9. The second-order valence-corrected chi connectivity index (χ2v) is 12.1. The molecule has 2 heterocycles. The summed E-state index contributed by atoms with van der Waals surface area (Å²) >= 11 is 6.07. The Hall–Kier alpha value is -2.31. The number of sulfone groups is 1. The molecule has 1 amide bonds. The molecule has 1 N–H and O–H groups in total. The van der Waals surface area contributed by atoms with E-state index in [9.17, 15) is 21.6 Å². The summed E-state index contributed by atoms with van der Waals surface area (Å²) in [6, 6.07) is 5.41. The van der Waals surface area contributed by atoms with Gasteiger partial charge in [0.1, 0.15) is 17.2 Å². The maximum absolute atomic E-state index is 13.6. The van der Waals surface area contributed by atoms with Gasteiger partial charge in [0.15, 0.2) is 9.84 Å². The molecule has 32 heavy (non-hydrogen) atoms. The van der Waals surface area contributed by atoms with Gasteiger partial charge >= 0.3 is 0 Å². The molecule has 1 aliphatic rings. The van der Waals surface area contributed by atoms with Gasteiger partial charge in [-0.15, -0.1) is 11.6 Å². The largest absolute Gasteiger partial charge is 0.497 e. The van der Waals surface area contributed by atoms with E-state index in [1.165, 1.54) is 23.9 Å². The Labute approximate surface area is 192 Å². The Morgan fingerprint density at radius 3 is 2.38 bits per heavy atom. The van der Waals surface area contributed by atoms with Crippen molar-refractivity contribution in [2.45, 2.75) is 30.2 Å². The summed E-state index contributed by atoms with van der Waals surface area (Å²) in [4.78, 5) is 12.8. The average Bonchev–Trinajstić information content (AvgIpc) is 3.12. The van der Waals surface area contributed by atoms with Gasteiger partial charge in [0, 0.05) is 7.05 Å². The Bertz CT molecular complexity index is 1230. The Kier molecular flexibility index (Phi) is 6.78. The van der Waals surface area contributed by atoms with E-state index in [-0.39, 0.29) is 22.1 Å². The quantitative estimate of drug-likeness (QED) is 0.551. The molecule has 0 unspecified atom stereocenters. The van der Waals surface area contributed by atoms with Crippen LogP contribution >= 0.6 is 11.6 Å². The van der Waals surface area contributed by atoms with Crippen molar-refractivity contribution in [3.8, 4) is 5.75 Å². The highest BCUT2D eigenvalue weighted by Crippen LogP contribution is 2.29. The summed E-state index contributed by atoms with van der Waals surface area (Å²) in [6.07, 6.45) is 0. The van der Waals surface area contributed by atoms with Gasteiger partial charge in [0.2, 0.25) is 5.91 Å². The third-order valence-corrected chi connectivity index (χ3v) is 9.67. The number of anilines is 1. The van der Waals surface area contributed by atoms with E-state index in [2.05, 4.69) is 10.4 Å². The first kappa shape index (κ1) is 24.3. The third-order valence-electron chi connectivity index (χ3n) is 5.27. The van der Waals surface area contributed by atoms with Crippen LogP contribution in [0.5, 0.6) is 5.75 Å². The lowest BCUT2D eigenvalue weighted by molar-refractivity contribution is -0.120. The zero-order valence-corrected chi connectivity index (χ0v) is 20.5. The lowest BCUT2D eigenvalue weighted by atomic mass is 10.2. The molecule has 1 aliphatic heterocycles. The van der Waals surface area contributed by atoms with E-state index in [0.717, 1.165) is 4.31 Å². The lowest BCUT2D eigenvalue weighted by Gasteiger charge is -2.25. The Balaban J connectivity index is 1.96. The van der Waals surface area contributed by atoms with Crippen LogP contribution in [0.15, 0.2) is 29.2 Å². The molecule has 10 nitrogen and oxygen atoms in total. The molecular formula is C19H25ClN4O6S2. The fraction of sp³-hybridized carbons (Fsp3) is 0.474. The summed E-state index contributed by atoms with van der Waals surface area (Å²) in [5.74, 6) is -0.682. The molecule has 0 spiro atoms. The molecule has 0 saturated carbocycles. The lowest BCUT2D eigenvalue weighted by Crippen LogP contribution is -2.47. The van der Waals surface area contributed by atoms with Crippen molar-refractivity contribution < 1.29 is 26.4 Å². The summed E-state index contributed by atoms with van der Waals surface area (Å²) < 4.78 is 58.4. The number of rotatable bonds is 7. The van der Waals surface area contributed by atoms with Crippen LogP contribution in [0.25, 0.3) is 0 Å². The van der Waals surface area contributed by atoms with Gasteiger partial charge in [0.05, 0.1) is 47.1 Å². The van der Waals surface area contributed by atoms with E-state index in [4.69, 9.17) is 16.3 Å². The first-order valence-corrected chi connectivity index (χ1v) is 13.4. The molecule has 1 saturated heterocycles. The molecule has 0 aliphatic carbocycles. The second-order valence-electron chi connectivity index (χ2n) is 7.60. The number of halogens is 1. The van der Waals surface area contributed by atoms with Crippen LogP contribution in [0.4, 0.5) is 5.69 Å². The number of alkyl halides is 1. The van der Waals surface area contributed by atoms with E-state index in [0.29, 0.717) is 17.1 Å². The van der Waals surface area contributed by atoms with Crippen molar-refractivity contribution in [2.24, 2.45) is 7.05 Å². The van der Waals surface area contributed by atoms with Crippen LogP contribution in [0.2, 0.25) is 0 Å². The van der Waals surface area contributed by atoms with Crippen LogP contribution < -0.4 is 14.4 Å². The van der Waals surface area contributed by atoms with Gasteiger partial charge in [-0.05, 0) is 38.1 Å². The van der Waals surface area contributed by atoms with Crippen LogP contribution in [0, 0.1) is 13.8 Å².